The average Bonchev–Trinajstić information content (AvgIpc) is 3.01. The zero-order valence-electron chi connectivity index (χ0n) is 13.0. The molecule has 0 aliphatic carbocycles. The predicted octanol–water partition coefficient (Wildman–Crippen LogP) is 3.53. The van der Waals surface area contributed by atoms with Gasteiger partial charge in [-0.15, -0.1) is 0 Å². The summed E-state index contributed by atoms with van der Waals surface area (Å²) in [6.07, 6.45) is 0.479. The van der Waals surface area contributed by atoms with Crippen molar-refractivity contribution in [2.24, 2.45) is 5.10 Å². The Hall–Kier alpha value is -2.69. The van der Waals surface area contributed by atoms with E-state index in [1.54, 1.807) is 25.3 Å². The number of methoxy groups -OCH3 is 1. The molecule has 0 saturated heterocycles. The number of hydrazone groups is 1. The third kappa shape index (κ3) is 2.95. The average molecular weight is 312 g/mol. The number of benzene rings is 2. The number of rotatable bonds is 3. The normalized spacial score (nSPS) is 17.1. The maximum atomic E-state index is 14.0. The number of carbonyl (C=O) groups is 1. The number of carbonyl (C=O) groups excluding carboxylic acids is 1. The highest BCUT2D eigenvalue weighted by Crippen LogP contribution is 2.33. The number of amides is 1. The van der Waals surface area contributed by atoms with Crippen LogP contribution in [0.5, 0.6) is 5.75 Å². The summed E-state index contributed by atoms with van der Waals surface area (Å²) in [7, 11) is 1.60. The Morgan fingerprint density at radius 2 is 1.91 bits per heavy atom. The van der Waals surface area contributed by atoms with Crippen LogP contribution in [0.15, 0.2) is 53.6 Å². The van der Waals surface area contributed by atoms with Crippen molar-refractivity contribution < 1.29 is 13.9 Å². The summed E-state index contributed by atoms with van der Waals surface area (Å²) in [6.45, 7) is 1.46. The van der Waals surface area contributed by atoms with Crippen molar-refractivity contribution in [3.63, 3.8) is 0 Å². The molecule has 2 aromatic rings. The zero-order chi connectivity index (χ0) is 16.4. The van der Waals surface area contributed by atoms with E-state index < -0.39 is 0 Å². The van der Waals surface area contributed by atoms with Gasteiger partial charge < -0.3 is 4.74 Å². The van der Waals surface area contributed by atoms with Crippen LogP contribution in [0.2, 0.25) is 0 Å². The maximum absolute atomic E-state index is 14.0. The van der Waals surface area contributed by atoms with Gasteiger partial charge in [-0.1, -0.05) is 30.3 Å². The van der Waals surface area contributed by atoms with Crippen LogP contribution in [0.3, 0.4) is 0 Å². The van der Waals surface area contributed by atoms with Crippen LogP contribution < -0.4 is 4.74 Å². The Morgan fingerprint density at radius 3 is 2.52 bits per heavy atom. The van der Waals surface area contributed by atoms with Crippen LogP contribution >= 0.6 is 0 Å². The van der Waals surface area contributed by atoms with Gasteiger partial charge in [0.1, 0.15) is 11.6 Å². The first-order valence-electron chi connectivity index (χ1n) is 7.36. The molecule has 2 aromatic carbocycles. The molecule has 0 radical (unpaired) electrons. The Kier molecular flexibility index (Phi) is 4.10. The second-order valence-corrected chi connectivity index (χ2v) is 5.38. The monoisotopic (exact) mass is 312 g/mol. The quantitative estimate of drug-likeness (QED) is 0.870. The maximum Gasteiger partial charge on any atom is 0.240 e. The molecule has 1 amide bonds. The second kappa shape index (κ2) is 6.20. The predicted molar refractivity (Wildman–Crippen MR) is 85.8 cm³/mol. The van der Waals surface area contributed by atoms with Gasteiger partial charge in [-0.3, -0.25) is 4.79 Å². The van der Waals surface area contributed by atoms with E-state index >= 15 is 0 Å². The molecule has 0 bridgehead atoms. The van der Waals surface area contributed by atoms with E-state index in [0.717, 1.165) is 11.3 Å². The highest BCUT2D eigenvalue weighted by molar-refractivity contribution is 6.03. The van der Waals surface area contributed by atoms with Gasteiger partial charge in [0.2, 0.25) is 5.91 Å². The van der Waals surface area contributed by atoms with Crippen molar-refractivity contribution in [2.45, 2.75) is 19.4 Å². The van der Waals surface area contributed by atoms with E-state index in [1.165, 1.54) is 18.0 Å². The van der Waals surface area contributed by atoms with Crippen molar-refractivity contribution in [2.75, 3.05) is 7.11 Å². The molecule has 5 heteroatoms. The summed E-state index contributed by atoms with van der Waals surface area (Å²) < 4.78 is 19.2. The van der Waals surface area contributed by atoms with Crippen LogP contribution in [0.1, 0.15) is 30.5 Å². The fraction of sp³-hybridized carbons (Fsp3) is 0.222. The molecule has 0 spiro atoms. The minimum Gasteiger partial charge on any atom is -0.497 e. The topological polar surface area (TPSA) is 41.9 Å². The van der Waals surface area contributed by atoms with Crippen LogP contribution in [0.4, 0.5) is 4.39 Å². The van der Waals surface area contributed by atoms with E-state index in [0.29, 0.717) is 17.7 Å². The van der Waals surface area contributed by atoms with Crippen LogP contribution in [0.25, 0.3) is 0 Å². The van der Waals surface area contributed by atoms with Gasteiger partial charge in [0, 0.05) is 18.9 Å². The molecule has 0 N–H and O–H groups in total. The first kappa shape index (κ1) is 15.2. The molecule has 3 rings (SSSR count). The molecule has 1 heterocycles. The molecule has 1 aliphatic heterocycles. The van der Waals surface area contributed by atoms with Gasteiger partial charge in [-0.25, -0.2) is 9.40 Å². The van der Waals surface area contributed by atoms with Crippen molar-refractivity contribution in [3.05, 3.63) is 65.5 Å². The van der Waals surface area contributed by atoms with E-state index in [4.69, 9.17) is 4.74 Å². The van der Waals surface area contributed by atoms with Crippen LogP contribution in [-0.2, 0) is 4.79 Å². The molecular weight excluding hydrogens is 295 g/mol. The number of nitrogens with zero attached hydrogens (tertiary/aromatic N) is 2. The van der Waals surface area contributed by atoms with E-state index in [9.17, 15) is 9.18 Å². The summed E-state index contributed by atoms with van der Waals surface area (Å²) >= 11 is 0. The zero-order valence-corrected chi connectivity index (χ0v) is 13.0. The molecule has 1 atom stereocenters. The van der Waals surface area contributed by atoms with Crippen molar-refractivity contribution in [1.29, 1.82) is 0 Å². The summed E-state index contributed by atoms with van der Waals surface area (Å²) in [4.78, 5) is 11.9. The molecule has 23 heavy (non-hydrogen) atoms. The van der Waals surface area contributed by atoms with Gasteiger partial charge in [0.05, 0.1) is 18.9 Å². The van der Waals surface area contributed by atoms with E-state index in [1.807, 2.05) is 24.3 Å². The molecule has 0 aromatic heterocycles. The lowest BCUT2D eigenvalue weighted by Gasteiger charge is -2.20. The highest BCUT2D eigenvalue weighted by Gasteiger charge is 2.32. The first-order chi connectivity index (χ1) is 11.1. The molecule has 1 aliphatic rings. The van der Waals surface area contributed by atoms with Gasteiger partial charge in [0.25, 0.3) is 0 Å². The molecular formula is C18H17FN2O2. The lowest BCUT2D eigenvalue weighted by atomic mass is 9.98. The molecule has 1 unspecified atom stereocenters. The van der Waals surface area contributed by atoms with E-state index in [-0.39, 0.29) is 17.8 Å². The molecule has 4 nitrogen and oxygen atoms in total. The Morgan fingerprint density at radius 1 is 1.22 bits per heavy atom. The van der Waals surface area contributed by atoms with Gasteiger partial charge in [-0.05, 0) is 23.8 Å². The summed E-state index contributed by atoms with van der Waals surface area (Å²) in [5, 5.41) is 5.77. The molecule has 118 valence electrons. The third-order valence-electron chi connectivity index (χ3n) is 3.92. The van der Waals surface area contributed by atoms with Gasteiger partial charge >= 0.3 is 0 Å². The van der Waals surface area contributed by atoms with Gasteiger partial charge in [-0.2, -0.15) is 5.10 Å². The largest absolute Gasteiger partial charge is 0.497 e. The van der Waals surface area contributed by atoms with Crippen LogP contribution in [-0.4, -0.2) is 23.7 Å². The summed E-state index contributed by atoms with van der Waals surface area (Å²) in [5.74, 6) is 0.249. The lowest BCUT2D eigenvalue weighted by molar-refractivity contribution is -0.130. The standard InChI is InChI=1S/C18H17FN2O2/c1-12(22)21-18(13-7-9-14(23-2)10-8-13)11-17(20-21)15-5-3-4-6-16(15)19/h3-10,18H,11H2,1-2H3. The number of ether oxygens (including phenoxy) is 1. The van der Waals surface area contributed by atoms with Crippen LogP contribution in [0, 0.1) is 5.82 Å². The second-order valence-electron chi connectivity index (χ2n) is 5.38. The van der Waals surface area contributed by atoms with Gasteiger partial charge in [0.15, 0.2) is 0 Å². The molecule has 0 fully saturated rings. The van der Waals surface area contributed by atoms with Crippen molar-refractivity contribution in [1.82, 2.24) is 5.01 Å². The Bertz CT molecular complexity index is 756. The highest BCUT2D eigenvalue weighted by atomic mass is 19.1. The smallest absolute Gasteiger partial charge is 0.240 e. The Balaban J connectivity index is 1.94. The fourth-order valence-electron chi connectivity index (χ4n) is 2.74. The SMILES string of the molecule is COc1ccc(C2CC(c3ccccc3F)=NN2C(C)=O)cc1. The van der Waals surface area contributed by atoms with Crippen molar-refractivity contribution >= 4 is 11.6 Å². The Labute approximate surface area is 134 Å². The lowest BCUT2D eigenvalue weighted by Crippen LogP contribution is -2.24. The molecule has 0 saturated carbocycles. The van der Waals surface area contributed by atoms with Crippen molar-refractivity contribution in [3.8, 4) is 5.75 Å². The minimum absolute atomic E-state index is 0.169. The first-order valence-corrected chi connectivity index (χ1v) is 7.36. The third-order valence-corrected chi connectivity index (χ3v) is 3.92. The summed E-state index contributed by atoms with van der Waals surface area (Å²) in [6, 6.07) is 13.7. The number of halogens is 1. The van der Waals surface area contributed by atoms with E-state index in [2.05, 4.69) is 5.10 Å². The minimum atomic E-state index is -0.329. The number of hydrogen-bond donors (Lipinski definition) is 0. The summed E-state index contributed by atoms with van der Waals surface area (Å²) in [5.41, 5.74) is 1.96. The fourth-order valence-corrected chi connectivity index (χ4v) is 2.74. The number of hydrogen-bond acceptors (Lipinski definition) is 3.